The lowest BCUT2D eigenvalue weighted by molar-refractivity contribution is -0.118. The number of thioether (sulfide) groups is 1. The molecule has 4 rings (SSSR count). The molecular weight excluding hydrogens is 437 g/mol. The van der Waals surface area contributed by atoms with Crippen molar-refractivity contribution in [3.05, 3.63) is 99.6 Å². The number of nitrogens with zero attached hydrogens (tertiary/aromatic N) is 2. The number of fused-ring (bicyclic) bond motifs is 1. The van der Waals surface area contributed by atoms with Crippen molar-refractivity contribution in [2.75, 3.05) is 5.75 Å². The van der Waals surface area contributed by atoms with Crippen LogP contribution >= 0.6 is 23.4 Å². The van der Waals surface area contributed by atoms with E-state index >= 15 is 0 Å². The molecule has 0 saturated carbocycles. The maximum atomic E-state index is 13.4. The quantitative estimate of drug-likeness (QED) is 0.342. The van der Waals surface area contributed by atoms with Crippen molar-refractivity contribution in [2.24, 2.45) is 0 Å². The summed E-state index contributed by atoms with van der Waals surface area (Å²) in [5.41, 5.74) is 1.54. The summed E-state index contributed by atoms with van der Waals surface area (Å²) in [5.74, 6) is -0.576. The number of rotatable bonds is 6. The Balaban J connectivity index is 1.59. The number of carbonyl (C=O) groups is 1. The Hall–Kier alpha value is -3.16. The van der Waals surface area contributed by atoms with E-state index in [0.29, 0.717) is 33.3 Å². The van der Waals surface area contributed by atoms with E-state index in [2.05, 4.69) is 10.3 Å². The minimum absolute atomic E-state index is 0.0520. The van der Waals surface area contributed by atoms with Crippen LogP contribution in [0.3, 0.4) is 0 Å². The lowest BCUT2D eigenvalue weighted by Crippen LogP contribution is -2.26. The molecule has 156 valence electrons. The van der Waals surface area contributed by atoms with Gasteiger partial charge in [-0.25, -0.2) is 9.37 Å². The Morgan fingerprint density at radius 2 is 1.74 bits per heavy atom. The van der Waals surface area contributed by atoms with Gasteiger partial charge >= 0.3 is 0 Å². The van der Waals surface area contributed by atoms with Gasteiger partial charge in [0, 0.05) is 11.6 Å². The fourth-order valence-corrected chi connectivity index (χ4v) is 4.09. The van der Waals surface area contributed by atoms with E-state index in [-0.39, 0.29) is 17.2 Å². The highest BCUT2D eigenvalue weighted by Gasteiger charge is 2.15. The van der Waals surface area contributed by atoms with Crippen LogP contribution in [0.5, 0.6) is 0 Å². The fourth-order valence-electron chi connectivity index (χ4n) is 3.04. The SMILES string of the molecule is O=C(CSc1nc2ccccc2c(=O)n1-c1ccc(F)cc1)NCc1ccccc1Cl. The van der Waals surface area contributed by atoms with Crippen molar-refractivity contribution < 1.29 is 9.18 Å². The summed E-state index contributed by atoms with van der Waals surface area (Å²) in [6.45, 7) is 0.301. The second-order valence-corrected chi connectivity index (χ2v) is 8.04. The number of para-hydroxylation sites is 1. The van der Waals surface area contributed by atoms with E-state index in [0.717, 1.165) is 17.3 Å². The van der Waals surface area contributed by atoms with E-state index in [9.17, 15) is 14.0 Å². The van der Waals surface area contributed by atoms with Gasteiger partial charge in [0.2, 0.25) is 5.91 Å². The van der Waals surface area contributed by atoms with Crippen molar-refractivity contribution in [3.63, 3.8) is 0 Å². The van der Waals surface area contributed by atoms with E-state index in [1.165, 1.54) is 28.8 Å². The molecule has 0 aliphatic rings. The maximum Gasteiger partial charge on any atom is 0.266 e. The van der Waals surface area contributed by atoms with E-state index < -0.39 is 5.82 Å². The van der Waals surface area contributed by atoms with E-state index in [1.807, 2.05) is 18.2 Å². The first kappa shape index (κ1) is 21.1. The Labute approximate surface area is 186 Å². The third-order valence-electron chi connectivity index (χ3n) is 4.60. The summed E-state index contributed by atoms with van der Waals surface area (Å²) >= 11 is 7.26. The third-order valence-corrected chi connectivity index (χ3v) is 5.90. The maximum absolute atomic E-state index is 13.4. The molecule has 0 fully saturated rings. The predicted molar refractivity (Wildman–Crippen MR) is 121 cm³/mol. The molecule has 0 aliphatic carbocycles. The van der Waals surface area contributed by atoms with E-state index in [1.54, 1.807) is 30.3 Å². The van der Waals surface area contributed by atoms with Gasteiger partial charge in [-0.05, 0) is 48.0 Å². The molecule has 1 aromatic heterocycles. The minimum atomic E-state index is -0.404. The monoisotopic (exact) mass is 453 g/mol. The number of halogens is 2. The second-order valence-electron chi connectivity index (χ2n) is 6.69. The molecule has 8 heteroatoms. The standard InChI is InChI=1S/C23H17ClFN3O2S/c24-19-7-3-1-5-15(19)13-26-21(29)14-31-23-27-20-8-4-2-6-18(20)22(30)28(23)17-11-9-16(25)10-12-17/h1-12H,13-14H2,(H,26,29). The molecule has 0 unspecified atom stereocenters. The summed E-state index contributed by atoms with van der Waals surface area (Å²) in [4.78, 5) is 30.1. The van der Waals surface area contributed by atoms with Gasteiger partial charge in [0.05, 0.1) is 22.3 Å². The molecule has 0 bridgehead atoms. The molecule has 1 amide bonds. The topological polar surface area (TPSA) is 64.0 Å². The van der Waals surface area contributed by atoms with Crippen LogP contribution in [-0.4, -0.2) is 21.2 Å². The first-order valence-corrected chi connectivity index (χ1v) is 10.8. The first-order chi connectivity index (χ1) is 15.0. The van der Waals surface area contributed by atoms with Crippen LogP contribution in [0.15, 0.2) is 82.7 Å². The summed E-state index contributed by atoms with van der Waals surface area (Å²) in [7, 11) is 0. The molecule has 31 heavy (non-hydrogen) atoms. The van der Waals surface area contributed by atoms with Crippen LogP contribution in [0.4, 0.5) is 4.39 Å². The molecular formula is C23H17ClFN3O2S. The Kier molecular flexibility index (Phi) is 6.34. The molecule has 3 aromatic carbocycles. The highest BCUT2D eigenvalue weighted by atomic mass is 35.5. The summed E-state index contributed by atoms with van der Waals surface area (Å²) in [6.07, 6.45) is 0. The van der Waals surface area contributed by atoms with Gasteiger partial charge in [-0.3, -0.25) is 14.2 Å². The van der Waals surface area contributed by atoms with Gasteiger partial charge in [0.1, 0.15) is 5.82 Å². The van der Waals surface area contributed by atoms with Gasteiger partial charge < -0.3 is 5.32 Å². The normalized spacial score (nSPS) is 10.9. The number of carbonyl (C=O) groups excluding carboxylic acids is 1. The first-order valence-electron chi connectivity index (χ1n) is 9.43. The van der Waals surface area contributed by atoms with Gasteiger partial charge in [0.25, 0.3) is 5.56 Å². The van der Waals surface area contributed by atoms with Crippen LogP contribution in [0.25, 0.3) is 16.6 Å². The zero-order chi connectivity index (χ0) is 21.8. The van der Waals surface area contributed by atoms with Crippen LogP contribution in [0, 0.1) is 5.82 Å². The molecule has 4 aromatic rings. The van der Waals surface area contributed by atoms with Crippen LogP contribution in [0.1, 0.15) is 5.56 Å². The molecule has 0 saturated heterocycles. The summed E-state index contributed by atoms with van der Waals surface area (Å²) < 4.78 is 14.8. The van der Waals surface area contributed by atoms with Crippen molar-refractivity contribution in [1.29, 1.82) is 0 Å². The Bertz CT molecular complexity index is 1310. The lowest BCUT2D eigenvalue weighted by Gasteiger charge is -2.13. The minimum Gasteiger partial charge on any atom is -0.351 e. The highest BCUT2D eigenvalue weighted by Crippen LogP contribution is 2.22. The zero-order valence-corrected chi connectivity index (χ0v) is 17.8. The van der Waals surface area contributed by atoms with Crippen molar-refractivity contribution in [2.45, 2.75) is 11.7 Å². The van der Waals surface area contributed by atoms with Crippen LogP contribution in [0.2, 0.25) is 5.02 Å². The lowest BCUT2D eigenvalue weighted by atomic mass is 10.2. The largest absolute Gasteiger partial charge is 0.351 e. The van der Waals surface area contributed by atoms with Gasteiger partial charge in [-0.1, -0.05) is 53.7 Å². The highest BCUT2D eigenvalue weighted by molar-refractivity contribution is 7.99. The van der Waals surface area contributed by atoms with Crippen molar-refractivity contribution >= 4 is 40.2 Å². The van der Waals surface area contributed by atoms with Gasteiger partial charge in [-0.15, -0.1) is 0 Å². The van der Waals surface area contributed by atoms with Gasteiger partial charge in [-0.2, -0.15) is 0 Å². The third kappa shape index (κ3) is 4.78. The van der Waals surface area contributed by atoms with Crippen LogP contribution < -0.4 is 10.9 Å². The predicted octanol–water partition coefficient (Wildman–Crippen LogP) is 4.59. The Morgan fingerprint density at radius 3 is 2.52 bits per heavy atom. The molecule has 5 nitrogen and oxygen atoms in total. The number of benzene rings is 3. The van der Waals surface area contributed by atoms with Crippen LogP contribution in [-0.2, 0) is 11.3 Å². The summed E-state index contributed by atoms with van der Waals surface area (Å²) in [6, 6.07) is 19.8. The molecule has 0 aliphatic heterocycles. The number of amides is 1. The zero-order valence-electron chi connectivity index (χ0n) is 16.2. The smallest absolute Gasteiger partial charge is 0.266 e. The summed E-state index contributed by atoms with van der Waals surface area (Å²) in [5, 5.41) is 4.19. The van der Waals surface area contributed by atoms with E-state index in [4.69, 9.17) is 11.6 Å². The number of hydrogen-bond donors (Lipinski definition) is 1. The van der Waals surface area contributed by atoms with Crippen molar-refractivity contribution in [3.8, 4) is 5.69 Å². The molecule has 1 N–H and O–H groups in total. The van der Waals surface area contributed by atoms with Gasteiger partial charge in [0.15, 0.2) is 5.16 Å². The molecule has 0 radical (unpaired) electrons. The number of hydrogen-bond acceptors (Lipinski definition) is 4. The average Bonchev–Trinajstić information content (AvgIpc) is 2.78. The second kappa shape index (κ2) is 9.32. The average molecular weight is 454 g/mol. The number of aromatic nitrogens is 2. The molecule has 0 spiro atoms. The van der Waals surface area contributed by atoms with Crippen molar-refractivity contribution in [1.82, 2.24) is 14.9 Å². The molecule has 0 atom stereocenters. The molecule has 1 heterocycles. The number of nitrogens with one attached hydrogen (secondary N) is 1. The fraction of sp³-hybridized carbons (Fsp3) is 0.0870. The Morgan fingerprint density at radius 1 is 1.03 bits per heavy atom.